The Hall–Kier alpha value is -0.590. The zero-order chi connectivity index (χ0) is 8.72. The molecule has 0 aromatic heterocycles. The van der Waals surface area contributed by atoms with E-state index in [-0.39, 0.29) is 0 Å². The zero-order valence-electron chi connectivity index (χ0n) is 7.79. The highest BCUT2D eigenvalue weighted by Gasteiger charge is 2.41. The molecule has 0 unspecified atom stereocenters. The van der Waals surface area contributed by atoms with Gasteiger partial charge in [-0.3, -0.25) is 4.79 Å². The average Bonchev–Trinajstić information content (AvgIpc) is 2.42. The van der Waals surface area contributed by atoms with Crippen LogP contribution in [-0.2, 0) is 4.79 Å². The summed E-state index contributed by atoms with van der Waals surface area (Å²) >= 11 is 0. The van der Waals surface area contributed by atoms with E-state index in [1.54, 1.807) is 6.08 Å². The number of hydrogen-bond acceptors (Lipinski definition) is 1. The van der Waals surface area contributed by atoms with Gasteiger partial charge in [0.2, 0.25) is 0 Å². The minimum Gasteiger partial charge on any atom is -0.295 e. The van der Waals surface area contributed by atoms with Gasteiger partial charge in [-0.2, -0.15) is 0 Å². The second-order valence-corrected chi connectivity index (χ2v) is 4.36. The molecule has 0 bridgehead atoms. The van der Waals surface area contributed by atoms with Gasteiger partial charge >= 0.3 is 0 Å². The first-order valence-corrected chi connectivity index (χ1v) is 4.92. The molecule has 2 aliphatic carbocycles. The van der Waals surface area contributed by atoms with Crippen molar-refractivity contribution >= 4 is 5.78 Å². The lowest BCUT2D eigenvalue weighted by atomic mass is 9.76. The summed E-state index contributed by atoms with van der Waals surface area (Å²) in [5.41, 5.74) is 0. The Morgan fingerprint density at radius 3 is 2.75 bits per heavy atom. The fourth-order valence-corrected chi connectivity index (χ4v) is 2.82. The van der Waals surface area contributed by atoms with Crippen LogP contribution >= 0.6 is 0 Å². The third-order valence-corrected chi connectivity index (χ3v) is 3.60. The van der Waals surface area contributed by atoms with Crippen LogP contribution in [0.1, 0.15) is 26.7 Å². The molecule has 0 heterocycles. The molecule has 2 aliphatic rings. The SMILES string of the molecule is C[C@@H]1C=CC(=O)[C@H]2[C@@H]1CC[C@@H]2C. The highest BCUT2D eigenvalue weighted by Crippen LogP contribution is 2.44. The van der Waals surface area contributed by atoms with Crippen molar-refractivity contribution in [3.8, 4) is 0 Å². The van der Waals surface area contributed by atoms with Gasteiger partial charge in [-0.15, -0.1) is 0 Å². The van der Waals surface area contributed by atoms with Crippen molar-refractivity contribution < 1.29 is 4.79 Å². The molecule has 4 atom stereocenters. The number of ketones is 1. The first-order chi connectivity index (χ1) is 5.70. The molecule has 0 amide bonds. The van der Waals surface area contributed by atoms with E-state index in [1.165, 1.54) is 12.8 Å². The Balaban J connectivity index is 2.28. The smallest absolute Gasteiger partial charge is 0.159 e. The minimum atomic E-state index is 0.352. The van der Waals surface area contributed by atoms with Crippen molar-refractivity contribution in [1.29, 1.82) is 0 Å². The molecule has 1 saturated carbocycles. The molecular formula is C11H16O. The van der Waals surface area contributed by atoms with Gasteiger partial charge in [-0.05, 0) is 36.7 Å². The average molecular weight is 164 g/mol. The number of hydrogen-bond donors (Lipinski definition) is 0. The van der Waals surface area contributed by atoms with Crippen molar-refractivity contribution in [2.45, 2.75) is 26.7 Å². The lowest BCUT2D eigenvalue weighted by molar-refractivity contribution is -0.121. The number of rotatable bonds is 0. The van der Waals surface area contributed by atoms with Crippen molar-refractivity contribution in [3.05, 3.63) is 12.2 Å². The summed E-state index contributed by atoms with van der Waals surface area (Å²) in [6.45, 7) is 4.45. The largest absolute Gasteiger partial charge is 0.295 e. The summed E-state index contributed by atoms with van der Waals surface area (Å²) in [6.07, 6.45) is 6.38. The van der Waals surface area contributed by atoms with Crippen LogP contribution < -0.4 is 0 Å². The topological polar surface area (TPSA) is 17.1 Å². The van der Waals surface area contributed by atoms with Crippen LogP contribution in [0, 0.1) is 23.7 Å². The highest BCUT2D eigenvalue weighted by atomic mass is 16.1. The van der Waals surface area contributed by atoms with Crippen LogP contribution in [-0.4, -0.2) is 5.78 Å². The molecule has 0 spiro atoms. The van der Waals surface area contributed by atoms with Gasteiger partial charge < -0.3 is 0 Å². The summed E-state index contributed by atoms with van der Waals surface area (Å²) in [5, 5.41) is 0. The van der Waals surface area contributed by atoms with Crippen molar-refractivity contribution in [1.82, 2.24) is 0 Å². The fraction of sp³-hybridized carbons (Fsp3) is 0.727. The van der Waals surface area contributed by atoms with Crippen molar-refractivity contribution in [2.24, 2.45) is 23.7 Å². The Bertz CT molecular complexity index is 229. The molecular weight excluding hydrogens is 148 g/mol. The van der Waals surface area contributed by atoms with Gasteiger partial charge in [0.05, 0.1) is 0 Å². The lowest BCUT2D eigenvalue weighted by Crippen LogP contribution is -2.29. The van der Waals surface area contributed by atoms with Crippen LogP contribution in [0.5, 0.6) is 0 Å². The van der Waals surface area contributed by atoms with Gasteiger partial charge in [-0.1, -0.05) is 19.9 Å². The first-order valence-electron chi connectivity index (χ1n) is 4.92. The van der Waals surface area contributed by atoms with Crippen LogP contribution in [0.4, 0.5) is 0 Å². The summed E-state index contributed by atoms with van der Waals surface area (Å²) in [6, 6.07) is 0. The van der Waals surface area contributed by atoms with Gasteiger partial charge in [0.1, 0.15) is 0 Å². The second-order valence-electron chi connectivity index (χ2n) is 4.36. The maximum absolute atomic E-state index is 11.5. The van der Waals surface area contributed by atoms with E-state index in [9.17, 15) is 4.79 Å². The van der Waals surface area contributed by atoms with Crippen molar-refractivity contribution in [3.63, 3.8) is 0 Å². The fourth-order valence-electron chi connectivity index (χ4n) is 2.82. The monoisotopic (exact) mass is 164 g/mol. The Kier molecular flexibility index (Phi) is 1.82. The van der Waals surface area contributed by atoms with Crippen LogP contribution in [0.15, 0.2) is 12.2 Å². The number of fused-ring (bicyclic) bond motifs is 1. The maximum Gasteiger partial charge on any atom is 0.159 e. The molecule has 1 heteroatoms. The van der Waals surface area contributed by atoms with E-state index in [2.05, 4.69) is 19.9 Å². The predicted octanol–water partition coefficient (Wildman–Crippen LogP) is 2.42. The third-order valence-electron chi connectivity index (χ3n) is 3.60. The summed E-state index contributed by atoms with van der Waals surface area (Å²) in [7, 11) is 0. The standard InChI is InChI=1S/C11H16O/c1-7-4-6-10(12)11-8(2)3-5-9(7)11/h4,6-9,11H,3,5H2,1-2H3/t7-,8+,9-,11-/m1/s1. The van der Waals surface area contributed by atoms with Crippen molar-refractivity contribution in [2.75, 3.05) is 0 Å². The van der Waals surface area contributed by atoms with Gasteiger partial charge in [0, 0.05) is 5.92 Å². The minimum absolute atomic E-state index is 0.352. The number of carbonyl (C=O) groups is 1. The Morgan fingerprint density at radius 1 is 1.33 bits per heavy atom. The lowest BCUT2D eigenvalue weighted by Gasteiger charge is -2.27. The molecule has 12 heavy (non-hydrogen) atoms. The predicted molar refractivity (Wildman–Crippen MR) is 48.7 cm³/mol. The quantitative estimate of drug-likeness (QED) is 0.537. The van der Waals surface area contributed by atoms with Gasteiger partial charge in [0.15, 0.2) is 5.78 Å². The first kappa shape index (κ1) is 8.03. The Labute approximate surface area is 73.8 Å². The molecule has 0 N–H and O–H groups in total. The summed E-state index contributed by atoms with van der Waals surface area (Å²) in [4.78, 5) is 11.5. The second kappa shape index (κ2) is 2.72. The van der Waals surface area contributed by atoms with Gasteiger partial charge in [0.25, 0.3) is 0 Å². The molecule has 0 radical (unpaired) electrons. The zero-order valence-corrected chi connectivity index (χ0v) is 7.79. The van der Waals surface area contributed by atoms with Gasteiger partial charge in [-0.25, -0.2) is 0 Å². The normalized spacial score (nSPS) is 46.3. The van der Waals surface area contributed by atoms with E-state index in [1.807, 2.05) is 0 Å². The van der Waals surface area contributed by atoms with E-state index in [4.69, 9.17) is 0 Å². The van der Waals surface area contributed by atoms with Crippen LogP contribution in [0.2, 0.25) is 0 Å². The molecule has 2 rings (SSSR count). The van der Waals surface area contributed by atoms with E-state index in [0.29, 0.717) is 29.5 Å². The molecule has 0 saturated heterocycles. The maximum atomic E-state index is 11.5. The van der Waals surface area contributed by atoms with Crippen LogP contribution in [0.25, 0.3) is 0 Å². The number of carbonyl (C=O) groups excluding carboxylic acids is 1. The Morgan fingerprint density at radius 2 is 2.08 bits per heavy atom. The number of allylic oxidation sites excluding steroid dienone is 2. The molecule has 1 nitrogen and oxygen atoms in total. The van der Waals surface area contributed by atoms with E-state index >= 15 is 0 Å². The third kappa shape index (κ3) is 1.03. The molecule has 0 aliphatic heterocycles. The molecule has 1 fully saturated rings. The summed E-state index contributed by atoms with van der Waals surface area (Å²) < 4.78 is 0. The molecule has 66 valence electrons. The summed E-state index contributed by atoms with van der Waals surface area (Å²) in [5.74, 6) is 2.62. The highest BCUT2D eigenvalue weighted by molar-refractivity contribution is 5.93. The van der Waals surface area contributed by atoms with Crippen LogP contribution in [0.3, 0.4) is 0 Å². The van der Waals surface area contributed by atoms with E-state index < -0.39 is 0 Å². The van der Waals surface area contributed by atoms with E-state index in [0.717, 1.165) is 0 Å². The molecule has 0 aromatic carbocycles. The molecule has 0 aromatic rings.